The van der Waals surface area contributed by atoms with Crippen LogP contribution in [0.5, 0.6) is 0 Å². The molecule has 1 saturated heterocycles. The molecule has 0 aliphatic carbocycles. The van der Waals surface area contributed by atoms with E-state index in [0.717, 1.165) is 43.4 Å². The molecule has 1 aromatic carbocycles. The minimum Gasteiger partial charge on any atom is -0.391 e. The SMILES string of the molecule is O=c1c2ccccc2nnn1OCCN1CCN(c2ccccn2)CC1. The van der Waals surface area contributed by atoms with Gasteiger partial charge >= 0.3 is 5.56 Å². The molecule has 1 fully saturated rings. The van der Waals surface area contributed by atoms with Crippen LogP contribution < -0.4 is 15.3 Å². The van der Waals surface area contributed by atoms with Crippen LogP contribution in [-0.2, 0) is 0 Å². The molecule has 2 aromatic heterocycles. The number of rotatable bonds is 5. The average molecular weight is 352 g/mol. The van der Waals surface area contributed by atoms with Crippen molar-refractivity contribution in [2.45, 2.75) is 0 Å². The summed E-state index contributed by atoms with van der Waals surface area (Å²) in [5, 5.41) is 8.36. The molecule has 0 unspecified atom stereocenters. The maximum absolute atomic E-state index is 12.3. The Morgan fingerprint density at radius 3 is 2.62 bits per heavy atom. The molecule has 0 amide bonds. The van der Waals surface area contributed by atoms with Crippen LogP contribution in [0.3, 0.4) is 0 Å². The summed E-state index contributed by atoms with van der Waals surface area (Å²) < 4.78 is 0. The lowest BCUT2D eigenvalue weighted by Gasteiger charge is -2.35. The normalized spacial score (nSPS) is 15.3. The molecule has 0 radical (unpaired) electrons. The summed E-state index contributed by atoms with van der Waals surface area (Å²) in [6.07, 6.45) is 1.82. The maximum atomic E-state index is 12.3. The third-order valence-electron chi connectivity index (χ3n) is 4.51. The Labute approximate surface area is 150 Å². The van der Waals surface area contributed by atoms with Gasteiger partial charge in [0, 0.05) is 38.9 Å². The van der Waals surface area contributed by atoms with Crippen LogP contribution in [0.2, 0.25) is 0 Å². The first-order chi connectivity index (χ1) is 12.8. The third kappa shape index (κ3) is 3.50. The highest BCUT2D eigenvalue weighted by Crippen LogP contribution is 2.12. The number of nitrogens with zero attached hydrogens (tertiary/aromatic N) is 6. The van der Waals surface area contributed by atoms with Gasteiger partial charge in [-0.25, -0.2) is 4.98 Å². The van der Waals surface area contributed by atoms with Crippen LogP contribution >= 0.6 is 0 Å². The number of hydrogen-bond donors (Lipinski definition) is 0. The molecule has 0 spiro atoms. The molecular weight excluding hydrogens is 332 g/mol. The van der Waals surface area contributed by atoms with Gasteiger partial charge in [0.1, 0.15) is 17.9 Å². The second-order valence-electron chi connectivity index (χ2n) is 6.13. The zero-order chi connectivity index (χ0) is 17.8. The average Bonchev–Trinajstić information content (AvgIpc) is 2.71. The van der Waals surface area contributed by atoms with E-state index >= 15 is 0 Å². The van der Waals surface area contributed by atoms with E-state index in [1.54, 1.807) is 18.2 Å². The molecule has 1 aliphatic rings. The molecule has 134 valence electrons. The van der Waals surface area contributed by atoms with E-state index in [1.807, 2.05) is 30.5 Å². The quantitative estimate of drug-likeness (QED) is 0.659. The van der Waals surface area contributed by atoms with Gasteiger partial charge in [0.25, 0.3) is 0 Å². The highest BCUT2D eigenvalue weighted by atomic mass is 16.7. The number of piperazine rings is 1. The molecule has 0 bridgehead atoms. The lowest BCUT2D eigenvalue weighted by atomic mass is 10.2. The zero-order valence-corrected chi connectivity index (χ0v) is 14.4. The van der Waals surface area contributed by atoms with Crippen LogP contribution in [0.1, 0.15) is 0 Å². The summed E-state index contributed by atoms with van der Waals surface area (Å²) in [5.74, 6) is 1.02. The fourth-order valence-electron chi connectivity index (χ4n) is 3.06. The Morgan fingerprint density at radius 2 is 1.81 bits per heavy atom. The predicted molar refractivity (Wildman–Crippen MR) is 98.1 cm³/mol. The largest absolute Gasteiger partial charge is 0.391 e. The Kier molecular flexibility index (Phi) is 4.74. The summed E-state index contributed by atoms with van der Waals surface area (Å²) in [7, 11) is 0. The van der Waals surface area contributed by atoms with E-state index in [0.29, 0.717) is 17.5 Å². The number of hydrogen-bond acceptors (Lipinski definition) is 7. The summed E-state index contributed by atoms with van der Waals surface area (Å²) in [5.41, 5.74) is 0.290. The minimum absolute atomic E-state index is 0.282. The van der Waals surface area contributed by atoms with Crippen LogP contribution in [0.25, 0.3) is 10.9 Å². The Hall–Kier alpha value is -3.00. The van der Waals surface area contributed by atoms with E-state index in [-0.39, 0.29) is 5.56 Å². The standard InChI is InChI=1S/C18H20N6O2/c25-18-15-5-1-2-6-16(15)20-21-24(18)26-14-13-22-9-11-23(12-10-22)17-7-3-4-8-19-17/h1-8H,9-14H2. The van der Waals surface area contributed by atoms with Gasteiger partial charge in [-0.1, -0.05) is 18.2 Å². The lowest BCUT2D eigenvalue weighted by Crippen LogP contribution is -2.48. The summed E-state index contributed by atoms with van der Waals surface area (Å²) in [6, 6.07) is 13.1. The van der Waals surface area contributed by atoms with Gasteiger partial charge in [-0.3, -0.25) is 9.69 Å². The number of anilines is 1. The second-order valence-corrected chi connectivity index (χ2v) is 6.13. The fourth-order valence-corrected chi connectivity index (χ4v) is 3.06. The third-order valence-corrected chi connectivity index (χ3v) is 4.51. The minimum atomic E-state index is -0.282. The molecule has 3 heterocycles. The molecular formula is C18H20N6O2. The second kappa shape index (κ2) is 7.49. The van der Waals surface area contributed by atoms with E-state index in [1.165, 1.54) is 0 Å². The zero-order valence-electron chi connectivity index (χ0n) is 14.4. The van der Waals surface area contributed by atoms with Crippen LogP contribution in [0, 0.1) is 0 Å². The van der Waals surface area contributed by atoms with E-state index in [9.17, 15) is 4.79 Å². The lowest BCUT2D eigenvalue weighted by molar-refractivity contribution is 0.0492. The van der Waals surface area contributed by atoms with Crippen LogP contribution in [0.15, 0.2) is 53.5 Å². The Bertz CT molecular complexity index is 922. The molecule has 0 saturated carbocycles. The van der Waals surface area contributed by atoms with Crippen LogP contribution in [-0.4, -0.2) is 64.4 Å². The van der Waals surface area contributed by atoms with Crippen molar-refractivity contribution in [1.82, 2.24) is 25.0 Å². The van der Waals surface area contributed by atoms with Gasteiger partial charge in [-0.15, -0.1) is 5.10 Å². The number of fused-ring (bicyclic) bond motifs is 1. The van der Waals surface area contributed by atoms with Gasteiger partial charge in [-0.05, 0) is 34.3 Å². The number of aromatic nitrogens is 4. The maximum Gasteiger partial charge on any atom is 0.314 e. The van der Waals surface area contributed by atoms with E-state index in [4.69, 9.17) is 4.84 Å². The van der Waals surface area contributed by atoms with Gasteiger partial charge in [0.2, 0.25) is 0 Å². The number of benzene rings is 1. The molecule has 0 atom stereocenters. The van der Waals surface area contributed by atoms with Crippen molar-refractivity contribution in [2.75, 3.05) is 44.2 Å². The van der Waals surface area contributed by atoms with Crippen LogP contribution in [0.4, 0.5) is 5.82 Å². The molecule has 4 rings (SSSR count). The van der Waals surface area contributed by atoms with Gasteiger partial charge in [0.15, 0.2) is 0 Å². The molecule has 8 nitrogen and oxygen atoms in total. The summed E-state index contributed by atoms with van der Waals surface area (Å²) in [4.78, 5) is 27.8. The van der Waals surface area contributed by atoms with E-state index in [2.05, 4.69) is 25.1 Å². The summed E-state index contributed by atoms with van der Waals surface area (Å²) in [6.45, 7) is 4.82. The molecule has 3 aromatic rings. The first-order valence-corrected chi connectivity index (χ1v) is 8.68. The highest BCUT2D eigenvalue weighted by molar-refractivity contribution is 5.76. The smallest absolute Gasteiger partial charge is 0.314 e. The Morgan fingerprint density at radius 1 is 1.00 bits per heavy atom. The topological polar surface area (TPSA) is 76.4 Å². The van der Waals surface area contributed by atoms with E-state index < -0.39 is 0 Å². The number of pyridine rings is 1. The Balaban J connectivity index is 1.29. The van der Waals surface area contributed by atoms with Crippen molar-refractivity contribution in [2.24, 2.45) is 0 Å². The molecule has 0 N–H and O–H groups in total. The van der Waals surface area contributed by atoms with Crippen molar-refractivity contribution < 1.29 is 4.84 Å². The van der Waals surface area contributed by atoms with Crippen molar-refractivity contribution in [3.63, 3.8) is 0 Å². The van der Waals surface area contributed by atoms with Gasteiger partial charge < -0.3 is 9.74 Å². The summed E-state index contributed by atoms with van der Waals surface area (Å²) >= 11 is 0. The van der Waals surface area contributed by atoms with Gasteiger partial charge in [-0.2, -0.15) is 0 Å². The monoisotopic (exact) mass is 352 g/mol. The molecule has 26 heavy (non-hydrogen) atoms. The van der Waals surface area contributed by atoms with Crippen molar-refractivity contribution in [3.05, 3.63) is 59.0 Å². The molecule has 1 aliphatic heterocycles. The van der Waals surface area contributed by atoms with Crippen molar-refractivity contribution >= 4 is 16.7 Å². The first kappa shape index (κ1) is 16.5. The molecule has 8 heteroatoms. The van der Waals surface area contributed by atoms with Crippen molar-refractivity contribution in [1.29, 1.82) is 0 Å². The van der Waals surface area contributed by atoms with Crippen molar-refractivity contribution in [3.8, 4) is 0 Å². The fraction of sp³-hybridized carbons (Fsp3) is 0.333. The first-order valence-electron chi connectivity index (χ1n) is 8.68. The highest BCUT2D eigenvalue weighted by Gasteiger charge is 2.17. The predicted octanol–water partition coefficient (Wildman–Crippen LogP) is 0.437. The van der Waals surface area contributed by atoms with Gasteiger partial charge in [0.05, 0.1) is 5.39 Å².